The van der Waals surface area contributed by atoms with Crippen LogP contribution < -0.4 is 4.90 Å². The van der Waals surface area contributed by atoms with Gasteiger partial charge < -0.3 is 29.3 Å². The number of fused-ring (bicyclic) bond motifs is 2. The van der Waals surface area contributed by atoms with Gasteiger partial charge in [-0.1, -0.05) is 42.5 Å². The number of carbonyl (C=O) groups excluding carboxylic acids is 3. The molecule has 214 valence electrons. The van der Waals surface area contributed by atoms with Gasteiger partial charge in [0.1, 0.15) is 11.6 Å². The molecule has 1 aromatic rings. The van der Waals surface area contributed by atoms with Gasteiger partial charge >= 0.3 is 0 Å². The molecule has 5 atom stereocenters. The molecule has 3 amide bonds. The third-order valence-corrected chi connectivity index (χ3v) is 9.06. The molecule has 0 saturated carbocycles. The third-order valence-electron chi connectivity index (χ3n) is 9.06. The van der Waals surface area contributed by atoms with Gasteiger partial charge in [0.2, 0.25) is 17.7 Å². The number of benzene rings is 1. The Balaban J connectivity index is 1.36. The molecule has 5 heterocycles. The second-order valence-electron chi connectivity index (χ2n) is 11.4. The van der Waals surface area contributed by atoms with Crippen LogP contribution in [-0.4, -0.2) is 120 Å². The van der Waals surface area contributed by atoms with Crippen LogP contribution in [0.3, 0.4) is 0 Å². The van der Waals surface area contributed by atoms with Gasteiger partial charge in [-0.15, -0.1) is 0 Å². The van der Waals surface area contributed by atoms with Gasteiger partial charge in [-0.05, 0) is 25.5 Å². The summed E-state index contributed by atoms with van der Waals surface area (Å²) in [5.74, 6) is -2.30. The number of likely N-dealkylation sites (tertiary alicyclic amines) is 1. The van der Waals surface area contributed by atoms with Crippen LogP contribution in [0.4, 0.5) is 5.69 Å². The van der Waals surface area contributed by atoms with E-state index in [1.807, 2.05) is 61.6 Å². The van der Waals surface area contributed by atoms with Crippen LogP contribution in [-0.2, 0) is 23.9 Å². The van der Waals surface area contributed by atoms with E-state index < -0.39 is 29.1 Å². The van der Waals surface area contributed by atoms with E-state index in [1.54, 1.807) is 14.7 Å². The zero-order valence-electron chi connectivity index (χ0n) is 23.0. The molecule has 1 N–H and O–H groups in total. The van der Waals surface area contributed by atoms with E-state index in [2.05, 4.69) is 4.90 Å². The first-order valence-corrected chi connectivity index (χ1v) is 14.3. The van der Waals surface area contributed by atoms with E-state index in [0.717, 1.165) is 18.8 Å². The first kappa shape index (κ1) is 27.1. The summed E-state index contributed by atoms with van der Waals surface area (Å²) in [5, 5.41) is 9.62. The maximum absolute atomic E-state index is 14.3. The molecule has 1 spiro atoms. The van der Waals surface area contributed by atoms with E-state index in [4.69, 9.17) is 9.47 Å². The molecule has 40 heavy (non-hydrogen) atoms. The van der Waals surface area contributed by atoms with Gasteiger partial charge in [-0.3, -0.25) is 19.3 Å². The maximum Gasteiger partial charge on any atom is 0.249 e. The minimum atomic E-state index is -1.28. The quantitative estimate of drug-likeness (QED) is 0.498. The summed E-state index contributed by atoms with van der Waals surface area (Å²) >= 11 is 0. The Labute approximate surface area is 234 Å². The number of carbonyl (C=O) groups is 3. The van der Waals surface area contributed by atoms with Crippen molar-refractivity contribution in [1.29, 1.82) is 0 Å². The Morgan fingerprint density at radius 3 is 2.40 bits per heavy atom. The highest BCUT2D eigenvalue weighted by atomic mass is 16.5. The summed E-state index contributed by atoms with van der Waals surface area (Å²) in [4.78, 5) is 50.2. The lowest BCUT2D eigenvalue weighted by atomic mass is 9.74. The lowest BCUT2D eigenvalue weighted by molar-refractivity contribution is -0.151. The Morgan fingerprint density at radius 2 is 1.65 bits per heavy atom. The Morgan fingerprint density at radius 1 is 0.900 bits per heavy atom. The second-order valence-corrected chi connectivity index (χ2v) is 11.4. The van der Waals surface area contributed by atoms with E-state index in [1.165, 1.54) is 0 Å². The molecule has 0 radical (unpaired) electrons. The highest BCUT2D eigenvalue weighted by Gasteiger charge is 2.74. The number of hydrogen-bond donors (Lipinski definition) is 1. The Kier molecular flexibility index (Phi) is 7.28. The predicted octanol–water partition coefficient (Wildman–Crippen LogP) is 0.673. The van der Waals surface area contributed by atoms with Crippen LogP contribution in [0.1, 0.15) is 13.3 Å². The third kappa shape index (κ3) is 4.38. The van der Waals surface area contributed by atoms with Gasteiger partial charge in [0, 0.05) is 58.1 Å². The van der Waals surface area contributed by atoms with Crippen molar-refractivity contribution in [1.82, 2.24) is 14.7 Å². The van der Waals surface area contributed by atoms with Crippen molar-refractivity contribution < 1.29 is 29.0 Å². The summed E-state index contributed by atoms with van der Waals surface area (Å²) in [5.41, 5.74) is -1.59. The molecule has 0 aliphatic carbocycles. The van der Waals surface area contributed by atoms with Gasteiger partial charge in [0.15, 0.2) is 0 Å². The van der Waals surface area contributed by atoms with Crippen molar-refractivity contribution in [2.45, 2.75) is 30.6 Å². The topological polar surface area (TPSA) is 103 Å². The zero-order chi connectivity index (χ0) is 27.9. The van der Waals surface area contributed by atoms with Crippen molar-refractivity contribution >= 4 is 23.4 Å². The fraction of sp³-hybridized carbons (Fsp3) is 0.567. The molecular formula is C30H38N4O6. The van der Waals surface area contributed by atoms with Crippen molar-refractivity contribution in [3.05, 3.63) is 54.6 Å². The van der Waals surface area contributed by atoms with Crippen molar-refractivity contribution in [3.8, 4) is 0 Å². The van der Waals surface area contributed by atoms with Gasteiger partial charge in [0.05, 0.1) is 30.7 Å². The van der Waals surface area contributed by atoms with Crippen LogP contribution in [0.15, 0.2) is 54.6 Å². The summed E-state index contributed by atoms with van der Waals surface area (Å²) < 4.78 is 12.3. The monoisotopic (exact) mass is 550 g/mol. The number of para-hydroxylation sites is 1. The number of amides is 3. The second kappa shape index (κ2) is 10.7. The Hall–Kier alpha value is -3.05. The van der Waals surface area contributed by atoms with Crippen LogP contribution >= 0.6 is 0 Å². The number of aliphatic hydroxyl groups is 1. The van der Waals surface area contributed by atoms with E-state index >= 15 is 0 Å². The highest BCUT2D eigenvalue weighted by molar-refractivity contribution is 6.04. The molecule has 5 aliphatic heterocycles. The van der Waals surface area contributed by atoms with Gasteiger partial charge in [-0.25, -0.2) is 0 Å². The SMILES string of the molecule is C[C@@]12C=CCN(c3ccccc3)C(=O)[C@@H]1[C@H]1C(=O)N(CCCO)C3C(=O)N(CCN4CCOCC4)CC=C[C@@]31O2. The summed E-state index contributed by atoms with van der Waals surface area (Å²) in [6.45, 7) is 6.98. The van der Waals surface area contributed by atoms with Crippen molar-refractivity contribution in [2.75, 3.05) is 70.5 Å². The zero-order valence-corrected chi connectivity index (χ0v) is 23.0. The summed E-state index contributed by atoms with van der Waals surface area (Å²) in [6.07, 6.45) is 7.95. The van der Waals surface area contributed by atoms with Gasteiger partial charge in [0.25, 0.3) is 0 Å². The minimum absolute atomic E-state index is 0.107. The molecule has 5 aliphatic rings. The number of rotatable bonds is 7. The molecule has 3 fully saturated rings. The molecule has 1 aromatic carbocycles. The fourth-order valence-corrected chi connectivity index (χ4v) is 7.18. The van der Waals surface area contributed by atoms with E-state index in [-0.39, 0.29) is 30.9 Å². The fourth-order valence-electron chi connectivity index (χ4n) is 7.18. The first-order valence-electron chi connectivity index (χ1n) is 14.3. The molecule has 0 aromatic heterocycles. The van der Waals surface area contributed by atoms with Crippen LogP contribution in [0.2, 0.25) is 0 Å². The smallest absolute Gasteiger partial charge is 0.249 e. The van der Waals surface area contributed by atoms with Crippen molar-refractivity contribution in [2.24, 2.45) is 11.8 Å². The largest absolute Gasteiger partial charge is 0.396 e. The lowest BCUT2D eigenvalue weighted by Gasteiger charge is -2.38. The van der Waals surface area contributed by atoms with Crippen LogP contribution in [0.25, 0.3) is 0 Å². The molecular weight excluding hydrogens is 512 g/mol. The average Bonchev–Trinajstić information content (AvgIpc) is 3.23. The number of ether oxygens (including phenoxy) is 2. The number of nitrogens with zero attached hydrogens (tertiary/aromatic N) is 4. The maximum atomic E-state index is 14.3. The highest BCUT2D eigenvalue weighted by Crippen LogP contribution is 2.57. The summed E-state index contributed by atoms with van der Waals surface area (Å²) in [7, 11) is 0. The predicted molar refractivity (Wildman–Crippen MR) is 147 cm³/mol. The normalized spacial score (nSPS) is 34.1. The number of hydrogen-bond acceptors (Lipinski definition) is 7. The lowest BCUT2D eigenvalue weighted by Crippen LogP contribution is -2.56. The molecule has 1 unspecified atom stereocenters. The average molecular weight is 551 g/mol. The molecule has 0 bridgehead atoms. The number of aliphatic hydroxyl groups excluding tert-OH is 1. The number of morpholine rings is 1. The first-order chi connectivity index (χ1) is 19.4. The molecule has 10 heteroatoms. The number of anilines is 1. The van der Waals surface area contributed by atoms with Crippen LogP contribution in [0, 0.1) is 11.8 Å². The Bertz CT molecular complexity index is 1200. The van der Waals surface area contributed by atoms with E-state index in [9.17, 15) is 19.5 Å². The summed E-state index contributed by atoms with van der Waals surface area (Å²) in [6, 6.07) is 8.53. The molecule has 10 nitrogen and oxygen atoms in total. The van der Waals surface area contributed by atoms with Crippen LogP contribution in [0.5, 0.6) is 0 Å². The van der Waals surface area contributed by atoms with E-state index in [0.29, 0.717) is 45.8 Å². The standard InChI is InChI=1S/C30H38N4O6/c1-29-10-5-13-33(22-8-3-2-4-9-22)26(36)23(29)24-27(37)34(14-7-19-35)25-28(38)32(12-6-11-30(24,25)40-29)16-15-31-17-20-39-21-18-31/h2-6,8-11,23-25,35H,7,12-21H2,1H3/t23-,24-,25?,29+,30-/m0/s1. The minimum Gasteiger partial charge on any atom is -0.396 e. The van der Waals surface area contributed by atoms with Crippen molar-refractivity contribution in [3.63, 3.8) is 0 Å². The van der Waals surface area contributed by atoms with Gasteiger partial charge in [-0.2, -0.15) is 0 Å². The molecule has 6 rings (SSSR count). The molecule has 3 saturated heterocycles.